The highest BCUT2D eigenvalue weighted by Gasteiger charge is 2.15. The maximum absolute atomic E-state index is 11.9. The average Bonchev–Trinajstić information content (AvgIpc) is 2.48. The smallest absolute Gasteiger partial charge is 0.274 e. The number of hydrogen-bond acceptors (Lipinski definition) is 4. The van der Waals surface area contributed by atoms with Crippen LogP contribution >= 0.6 is 27.5 Å². The summed E-state index contributed by atoms with van der Waals surface area (Å²) in [6.07, 6.45) is 0. The molecular formula is C15H12BrClN2O4. The van der Waals surface area contributed by atoms with E-state index in [0.717, 1.165) is 4.47 Å². The molecule has 6 nitrogen and oxygen atoms in total. The molecule has 0 aliphatic carbocycles. The van der Waals surface area contributed by atoms with Gasteiger partial charge in [0.1, 0.15) is 5.75 Å². The van der Waals surface area contributed by atoms with Crippen molar-refractivity contribution in [3.05, 3.63) is 61.6 Å². The van der Waals surface area contributed by atoms with E-state index in [1.807, 2.05) is 0 Å². The minimum absolute atomic E-state index is 0.0559. The zero-order chi connectivity index (χ0) is 17.0. The molecule has 2 aromatic carbocycles. The van der Waals surface area contributed by atoms with Gasteiger partial charge in [0.25, 0.3) is 11.6 Å². The van der Waals surface area contributed by atoms with Crippen molar-refractivity contribution in [2.24, 2.45) is 0 Å². The summed E-state index contributed by atoms with van der Waals surface area (Å²) in [4.78, 5) is 22.3. The zero-order valence-electron chi connectivity index (χ0n) is 12.0. The molecule has 2 aromatic rings. The van der Waals surface area contributed by atoms with Gasteiger partial charge in [0.05, 0.1) is 21.2 Å². The molecule has 0 aliphatic heterocycles. The first kappa shape index (κ1) is 17.2. The Bertz CT molecular complexity index is 767. The summed E-state index contributed by atoms with van der Waals surface area (Å²) in [5, 5.41) is 13.8. The molecule has 0 saturated heterocycles. The van der Waals surface area contributed by atoms with Crippen LogP contribution in [0.5, 0.6) is 5.75 Å². The maximum atomic E-state index is 11.9. The number of nitrogens with zero attached hydrogens (tertiary/aromatic N) is 1. The number of nitro benzene ring substituents is 1. The molecular weight excluding hydrogens is 388 g/mol. The van der Waals surface area contributed by atoms with E-state index in [1.54, 1.807) is 31.2 Å². The van der Waals surface area contributed by atoms with E-state index in [4.69, 9.17) is 16.3 Å². The predicted molar refractivity (Wildman–Crippen MR) is 91.1 cm³/mol. The summed E-state index contributed by atoms with van der Waals surface area (Å²) in [7, 11) is 0. The van der Waals surface area contributed by atoms with Crippen molar-refractivity contribution in [3.63, 3.8) is 0 Å². The predicted octanol–water partition coefficient (Wildman–Crippen LogP) is 4.34. The minimum atomic E-state index is -0.497. The van der Waals surface area contributed by atoms with Crippen LogP contribution in [-0.2, 0) is 4.79 Å². The van der Waals surface area contributed by atoms with Gasteiger partial charge in [0.15, 0.2) is 6.61 Å². The van der Waals surface area contributed by atoms with Gasteiger partial charge >= 0.3 is 0 Å². The number of carbonyl (C=O) groups excluding carboxylic acids is 1. The second-order valence-corrected chi connectivity index (χ2v) is 5.94. The highest BCUT2D eigenvalue weighted by molar-refractivity contribution is 9.10. The monoisotopic (exact) mass is 398 g/mol. The third kappa shape index (κ3) is 4.43. The van der Waals surface area contributed by atoms with Crippen LogP contribution in [0, 0.1) is 17.0 Å². The molecule has 0 bridgehead atoms. The summed E-state index contributed by atoms with van der Waals surface area (Å²) >= 11 is 9.26. The highest BCUT2D eigenvalue weighted by atomic mass is 79.9. The van der Waals surface area contributed by atoms with Gasteiger partial charge in [-0.05, 0) is 31.2 Å². The summed E-state index contributed by atoms with van der Waals surface area (Å²) in [5.41, 5.74) is 0.696. The van der Waals surface area contributed by atoms with Gasteiger partial charge in [-0.1, -0.05) is 33.6 Å². The number of rotatable bonds is 5. The van der Waals surface area contributed by atoms with E-state index in [1.165, 1.54) is 12.1 Å². The molecule has 8 heteroatoms. The lowest BCUT2D eigenvalue weighted by Crippen LogP contribution is -2.20. The number of ether oxygens (including phenoxy) is 1. The van der Waals surface area contributed by atoms with E-state index >= 15 is 0 Å². The molecule has 1 amide bonds. The van der Waals surface area contributed by atoms with Crippen molar-refractivity contribution in [1.29, 1.82) is 0 Å². The van der Waals surface area contributed by atoms with Gasteiger partial charge in [0.2, 0.25) is 0 Å². The second kappa shape index (κ2) is 7.43. The number of anilines is 1. The number of carbonyl (C=O) groups is 1. The molecule has 0 saturated carbocycles. The topological polar surface area (TPSA) is 81.5 Å². The fourth-order valence-corrected chi connectivity index (χ4v) is 2.61. The maximum Gasteiger partial charge on any atom is 0.274 e. The Labute approximate surface area is 145 Å². The lowest BCUT2D eigenvalue weighted by atomic mass is 10.1. The van der Waals surface area contributed by atoms with Crippen LogP contribution in [0.1, 0.15) is 5.56 Å². The first-order valence-corrected chi connectivity index (χ1v) is 7.67. The van der Waals surface area contributed by atoms with E-state index in [-0.39, 0.29) is 12.3 Å². The van der Waals surface area contributed by atoms with Crippen LogP contribution in [0.15, 0.2) is 40.9 Å². The Morgan fingerprint density at radius 2 is 2.13 bits per heavy atom. The van der Waals surface area contributed by atoms with E-state index in [9.17, 15) is 14.9 Å². The highest BCUT2D eigenvalue weighted by Crippen LogP contribution is 2.28. The molecule has 1 N–H and O–H groups in total. The lowest BCUT2D eigenvalue weighted by molar-refractivity contribution is -0.385. The van der Waals surface area contributed by atoms with Crippen LogP contribution in [0.3, 0.4) is 0 Å². The van der Waals surface area contributed by atoms with Crippen molar-refractivity contribution >= 4 is 44.8 Å². The van der Waals surface area contributed by atoms with Crippen LogP contribution in [0.2, 0.25) is 5.02 Å². The minimum Gasteiger partial charge on any atom is -0.482 e. The van der Waals surface area contributed by atoms with Crippen molar-refractivity contribution in [3.8, 4) is 5.75 Å². The van der Waals surface area contributed by atoms with Crippen LogP contribution in [-0.4, -0.2) is 17.4 Å². The third-order valence-electron chi connectivity index (χ3n) is 3.03. The van der Waals surface area contributed by atoms with Gasteiger partial charge in [-0.2, -0.15) is 0 Å². The Kier molecular flexibility index (Phi) is 5.57. The number of hydrogen-bond donors (Lipinski definition) is 1. The Morgan fingerprint density at radius 3 is 2.78 bits per heavy atom. The largest absolute Gasteiger partial charge is 0.482 e. The number of halogens is 2. The van der Waals surface area contributed by atoms with Crippen LogP contribution in [0.25, 0.3) is 0 Å². The van der Waals surface area contributed by atoms with Gasteiger partial charge in [0, 0.05) is 10.5 Å². The first-order valence-electron chi connectivity index (χ1n) is 6.50. The Hall–Kier alpha value is -2.12. The van der Waals surface area contributed by atoms with Crippen LogP contribution < -0.4 is 10.1 Å². The Morgan fingerprint density at radius 1 is 1.39 bits per heavy atom. The van der Waals surface area contributed by atoms with Crippen molar-refractivity contribution in [1.82, 2.24) is 0 Å². The molecule has 0 aliphatic rings. The quantitative estimate of drug-likeness (QED) is 0.599. The van der Waals surface area contributed by atoms with E-state index in [0.29, 0.717) is 22.0 Å². The van der Waals surface area contributed by atoms with E-state index < -0.39 is 10.8 Å². The number of amides is 1. The normalized spacial score (nSPS) is 10.2. The Balaban J connectivity index is 2.03. The average molecular weight is 400 g/mol. The molecule has 0 heterocycles. The first-order chi connectivity index (χ1) is 10.9. The fourth-order valence-electron chi connectivity index (χ4n) is 1.88. The molecule has 0 spiro atoms. The zero-order valence-corrected chi connectivity index (χ0v) is 14.3. The molecule has 2 rings (SSSR count). The number of benzene rings is 2. The number of nitro groups is 1. The molecule has 0 atom stereocenters. The molecule has 23 heavy (non-hydrogen) atoms. The van der Waals surface area contributed by atoms with Gasteiger partial charge < -0.3 is 10.1 Å². The third-order valence-corrected chi connectivity index (χ3v) is 3.82. The second-order valence-electron chi connectivity index (χ2n) is 4.62. The fraction of sp³-hybridized carbons (Fsp3) is 0.133. The molecule has 0 unspecified atom stereocenters. The summed E-state index contributed by atoms with van der Waals surface area (Å²) in [6.45, 7) is 1.31. The standard InChI is InChI=1S/C15H12BrClN2O4/c1-9-12(3-2-4-13(9)19(21)22)18-15(20)8-23-14-6-5-10(16)7-11(14)17/h2-7H,8H2,1H3,(H,18,20). The number of nitrogens with one attached hydrogen (secondary N) is 1. The van der Waals surface area contributed by atoms with E-state index in [2.05, 4.69) is 21.2 Å². The van der Waals surface area contributed by atoms with Gasteiger partial charge in [-0.3, -0.25) is 14.9 Å². The van der Waals surface area contributed by atoms with Crippen molar-refractivity contribution < 1.29 is 14.5 Å². The van der Waals surface area contributed by atoms with Crippen molar-refractivity contribution in [2.45, 2.75) is 6.92 Å². The molecule has 0 aromatic heterocycles. The van der Waals surface area contributed by atoms with Crippen molar-refractivity contribution in [2.75, 3.05) is 11.9 Å². The van der Waals surface area contributed by atoms with Gasteiger partial charge in [-0.25, -0.2) is 0 Å². The summed E-state index contributed by atoms with van der Waals surface area (Å²) < 4.78 is 6.14. The molecule has 0 fully saturated rings. The molecule has 0 radical (unpaired) electrons. The SMILES string of the molecule is Cc1c(NC(=O)COc2ccc(Br)cc2Cl)cccc1[N+](=O)[O-]. The van der Waals surface area contributed by atoms with Crippen LogP contribution in [0.4, 0.5) is 11.4 Å². The summed E-state index contributed by atoms with van der Waals surface area (Å²) in [5.74, 6) is -0.0617. The van der Waals surface area contributed by atoms with Gasteiger partial charge in [-0.15, -0.1) is 0 Å². The summed E-state index contributed by atoms with van der Waals surface area (Å²) in [6, 6.07) is 9.50. The lowest BCUT2D eigenvalue weighted by Gasteiger charge is -2.10. The molecule has 120 valence electrons.